The quantitative estimate of drug-likeness (QED) is 0.593. The van der Waals surface area contributed by atoms with Crippen molar-refractivity contribution in [3.63, 3.8) is 0 Å². The zero-order valence-corrected chi connectivity index (χ0v) is 16.7. The third-order valence-electron chi connectivity index (χ3n) is 5.64. The van der Waals surface area contributed by atoms with Gasteiger partial charge >= 0.3 is 0 Å². The van der Waals surface area contributed by atoms with Crippen LogP contribution in [0.2, 0.25) is 0 Å². The van der Waals surface area contributed by atoms with Gasteiger partial charge < -0.3 is 15.5 Å². The van der Waals surface area contributed by atoms with Gasteiger partial charge in [0.05, 0.1) is 6.04 Å². The molecule has 1 amide bonds. The van der Waals surface area contributed by atoms with Gasteiger partial charge in [-0.15, -0.1) is 0 Å². The maximum absolute atomic E-state index is 11.9. The summed E-state index contributed by atoms with van der Waals surface area (Å²) >= 11 is 0. The van der Waals surface area contributed by atoms with Crippen molar-refractivity contribution in [1.82, 2.24) is 20.4 Å². The molecule has 1 aromatic rings. The maximum atomic E-state index is 11.9. The largest absolute Gasteiger partial charge is 0.354 e. The molecule has 0 saturated carbocycles. The van der Waals surface area contributed by atoms with Gasteiger partial charge in [0.2, 0.25) is 5.91 Å². The molecule has 1 aromatic carbocycles. The van der Waals surface area contributed by atoms with E-state index in [2.05, 4.69) is 50.9 Å². The molecule has 148 valence electrons. The lowest BCUT2D eigenvalue weighted by atomic mass is 10.1. The Labute approximate surface area is 163 Å². The number of rotatable bonds is 6. The molecular formula is C21H33N5O. The van der Waals surface area contributed by atoms with Crippen molar-refractivity contribution in [1.29, 1.82) is 0 Å². The molecule has 2 unspecified atom stereocenters. The van der Waals surface area contributed by atoms with Crippen molar-refractivity contribution in [2.75, 3.05) is 39.8 Å². The van der Waals surface area contributed by atoms with Crippen molar-refractivity contribution in [3.05, 3.63) is 35.9 Å². The number of carbonyl (C=O) groups excluding carboxylic acids is 1. The number of hydrogen-bond donors (Lipinski definition) is 2. The van der Waals surface area contributed by atoms with Crippen LogP contribution >= 0.6 is 0 Å². The lowest BCUT2D eigenvalue weighted by Crippen LogP contribution is -2.47. The third kappa shape index (κ3) is 5.22. The van der Waals surface area contributed by atoms with E-state index in [0.717, 1.165) is 45.1 Å². The lowest BCUT2D eigenvalue weighted by Gasteiger charge is -2.29. The molecule has 6 heteroatoms. The summed E-state index contributed by atoms with van der Waals surface area (Å²) in [5.74, 6) is 1.06. The first-order valence-electron chi connectivity index (χ1n) is 10.2. The molecule has 2 aliphatic heterocycles. The molecule has 0 aromatic heterocycles. The highest BCUT2D eigenvalue weighted by Crippen LogP contribution is 2.24. The van der Waals surface area contributed by atoms with Crippen LogP contribution in [0.25, 0.3) is 0 Å². The highest BCUT2D eigenvalue weighted by molar-refractivity contribution is 5.80. The van der Waals surface area contributed by atoms with Crippen LogP contribution in [0.3, 0.4) is 0 Å². The minimum absolute atomic E-state index is 0.237. The fraction of sp³-hybridized carbons (Fsp3) is 0.619. The summed E-state index contributed by atoms with van der Waals surface area (Å²) in [6.07, 6.45) is 4.11. The van der Waals surface area contributed by atoms with Crippen LogP contribution in [0.5, 0.6) is 0 Å². The summed E-state index contributed by atoms with van der Waals surface area (Å²) < 4.78 is 0. The first-order chi connectivity index (χ1) is 13.2. The predicted octanol–water partition coefficient (Wildman–Crippen LogP) is 2.00. The van der Waals surface area contributed by atoms with Crippen LogP contribution in [-0.4, -0.2) is 67.5 Å². The summed E-state index contributed by atoms with van der Waals surface area (Å²) in [6.45, 7) is 6.66. The van der Waals surface area contributed by atoms with E-state index < -0.39 is 0 Å². The fourth-order valence-corrected chi connectivity index (χ4v) is 4.10. The van der Waals surface area contributed by atoms with Crippen LogP contribution in [0.1, 0.15) is 44.2 Å². The zero-order valence-electron chi connectivity index (χ0n) is 16.7. The minimum Gasteiger partial charge on any atom is -0.354 e. The molecule has 27 heavy (non-hydrogen) atoms. The first kappa shape index (κ1) is 19.7. The molecule has 0 radical (unpaired) electrons. The topological polar surface area (TPSA) is 60.0 Å². The molecule has 2 saturated heterocycles. The lowest BCUT2D eigenvalue weighted by molar-refractivity contribution is -0.129. The van der Waals surface area contributed by atoms with E-state index in [1.54, 1.807) is 0 Å². The SMILES string of the molecule is CCC(=O)N1CCC(NC(=NC)NCC(c2ccccc2)N2CCCC2)C1. The van der Waals surface area contributed by atoms with Crippen LogP contribution in [0.4, 0.5) is 0 Å². The summed E-state index contributed by atoms with van der Waals surface area (Å²) in [6, 6.07) is 11.4. The first-order valence-corrected chi connectivity index (χ1v) is 10.2. The molecule has 2 fully saturated rings. The average molecular weight is 372 g/mol. The smallest absolute Gasteiger partial charge is 0.222 e. The van der Waals surface area contributed by atoms with Gasteiger partial charge in [0, 0.05) is 39.1 Å². The molecule has 0 spiro atoms. The number of likely N-dealkylation sites (tertiary alicyclic amines) is 2. The molecule has 6 nitrogen and oxygen atoms in total. The number of nitrogens with one attached hydrogen (secondary N) is 2. The van der Waals surface area contributed by atoms with Crippen molar-refractivity contribution in [2.45, 2.75) is 44.7 Å². The van der Waals surface area contributed by atoms with E-state index in [1.165, 1.54) is 18.4 Å². The second-order valence-corrected chi connectivity index (χ2v) is 7.45. The predicted molar refractivity (Wildman–Crippen MR) is 110 cm³/mol. The fourth-order valence-electron chi connectivity index (χ4n) is 4.10. The maximum Gasteiger partial charge on any atom is 0.222 e. The van der Waals surface area contributed by atoms with Gasteiger partial charge in [-0.2, -0.15) is 0 Å². The number of amides is 1. The molecule has 3 rings (SSSR count). The molecule has 2 aliphatic rings. The summed E-state index contributed by atoms with van der Waals surface area (Å²) in [4.78, 5) is 20.8. The average Bonchev–Trinajstić information content (AvgIpc) is 3.40. The Bertz CT molecular complexity index is 627. The van der Waals surface area contributed by atoms with E-state index >= 15 is 0 Å². The van der Waals surface area contributed by atoms with Crippen LogP contribution in [0, 0.1) is 0 Å². The van der Waals surface area contributed by atoms with E-state index in [0.29, 0.717) is 12.5 Å². The van der Waals surface area contributed by atoms with Crippen LogP contribution in [-0.2, 0) is 4.79 Å². The second kappa shape index (κ2) is 9.74. The standard InChI is InChI=1S/C21H33N5O/c1-3-20(27)26-14-11-18(16-26)24-21(22-2)23-15-19(25-12-7-8-13-25)17-9-5-4-6-10-17/h4-6,9-10,18-19H,3,7-8,11-16H2,1-2H3,(H2,22,23,24). The van der Waals surface area contributed by atoms with Gasteiger partial charge in [-0.1, -0.05) is 37.3 Å². The Balaban J connectivity index is 1.56. The van der Waals surface area contributed by atoms with E-state index in [9.17, 15) is 4.79 Å². The number of aliphatic imine (C=N–C) groups is 1. The number of nitrogens with zero attached hydrogens (tertiary/aromatic N) is 3. The Morgan fingerprint density at radius 2 is 1.96 bits per heavy atom. The molecule has 2 N–H and O–H groups in total. The van der Waals surface area contributed by atoms with Gasteiger partial charge in [0.15, 0.2) is 5.96 Å². The van der Waals surface area contributed by atoms with Crippen molar-refractivity contribution in [2.24, 2.45) is 4.99 Å². The minimum atomic E-state index is 0.237. The van der Waals surface area contributed by atoms with Gasteiger partial charge in [0.25, 0.3) is 0 Å². The third-order valence-corrected chi connectivity index (χ3v) is 5.64. The Kier molecular flexibility index (Phi) is 7.10. The van der Waals surface area contributed by atoms with Crippen molar-refractivity contribution < 1.29 is 4.79 Å². The molecule has 0 aliphatic carbocycles. The summed E-state index contributed by atoms with van der Waals surface area (Å²) in [7, 11) is 1.81. The highest BCUT2D eigenvalue weighted by Gasteiger charge is 2.27. The van der Waals surface area contributed by atoms with Crippen molar-refractivity contribution in [3.8, 4) is 0 Å². The van der Waals surface area contributed by atoms with E-state index in [-0.39, 0.29) is 11.9 Å². The van der Waals surface area contributed by atoms with E-state index in [4.69, 9.17) is 0 Å². The number of benzene rings is 1. The van der Waals surface area contributed by atoms with Crippen LogP contribution in [0.15, 0.2) is 35.3 Å². The number of carbonyl (C=O) groups is 1. The summed E-state index contributed by atoms with van der Waals surface area (Å²) in [5, 5.41) is 7.02. The zero-order chi connectivity index (χ0) is 19.1. The molecule has 2 heterocycles. The van der Waals surface area contributed by atoms with Gasteiger partial charge in [-0.05, 0) is 37.9 Å². The van der Waals surface area contributed by atoms with Gasteiger partial charge in [-0.3, -0.25) is 14.7 Å². The van der Waals surface area contributed by atoms with Gasteiger partial charge in [0.1, 0.15) is 0 Å². The Morgan fingerprint density at radius 1 is 1.22 bits per heavy atom. The molecule has 2 atom stereocenters. The Morgan fingerprint density at radius 3 is 2.63 bits per heavy atom. The van der Waals surface area contributed by atoms with Gasteiger partial charge in [-0.25, -0.2) is 0 Å². The molecule has 0 bridgehead atoms. The second-order valence-electron chi connectivity index (χ2n) is 7.45. The van der Waals surface area contributed by atoms with E-state index in [1.807, 2.05) is 18.9 Å². The number of guanidine groups is 1. The van der Waals surface area contributed by atoms with Crippen molar-refractivity contribution >= 4 is 11.9 Å². The normalized spacial score (nSPS) is 22.1. The van der Waals surface area contributed by atoms with Crippen LogP contribution < -0.4 is 10.6 Å². The highest BCUT2D eigenvalue weighted by atomic mass is 16.2. The number of hydrogen-bond acceptors (Lipinski definition) is 3. The Hall–Kier alpha value is -2.08. The molecular weight excluding hydrogens is 338 g/mol. The monoisotopic (exact) mass is 371 g/mol. The summed E-state index contributed by atoms with van der Waals surface area (Å²) in [5.41, 5.74) is 1.35.